The second kappa shape index (κ2) is 7.97. The van der Waals surface area contributed by atoms with E-state index in [0.29, 0.717) is 18.9 Å². The van der Waals surface area contributed by atoms with Crippen LogP contribution in [-0.4, -0.2) is 41.4 Å². The average Bonchev–Trinajstić information content (AvgIpc) is 3.09. The van der Waals surface area contributed by atoms with Crippen molar-refractivity contribution in [3.8, 4) is 0 Å². The standard InChI is InChI=1S/C28H31N3O3/c1-17-8-6-7-13-28(17)26(33)31(27(34)30-28)16-24(32)29-15-18-14-23-19-9-2-4-11-21(19)25(18)22-12-5-3-10-20(22)23/h2-5,9-12,17-18,23,25H,6-8,13-16H2,1H3,(H,29,32)(H,30,34). The van der Waals surface area contributed by atoms with E-state index in [2.05, 4.69) is 59.2 Å². The molecule has 34 heavy (non-hydrogen) atoms. The summed E-state index contributed by atoms with van der Waals surface area (Å²) in [6.45, 7) is 2.34. The number of hydrogen-bond acceptors (Lipinski definition) is 3. The number of nitrogens with zero attached hydrogens (tertiary/aromatic N) is 1. The van der Waals surface area contributed by atoms with E-state index < -0.39 is 11.6 Å². The van der Waals surface area contributed by atoms with Crippen LogP contribution in [0.3, 0.4) is 0 Å². The molecule has 4 amide bonds. The molecule has 2 bridgehead atoms. The quantitative estimate of drug-likeness (QED) is 0.684. The Morgan fingerprint density at radius 1 is 1.03 bits per heavy atom. The lowest BCUT2D eigenvalue weighted by molar-refractivity contribution is -0.137. The SMILES string of the molecule is CC1CCCCC12NC(=O)N(CC(=O)NCC1CC3c4ccccc4C1c1ccccc13)C2=O. The third kappa shape index (κ3) is 3.11. The van der Waals surface area contributed by atoms with Gasteiger partial charge in [0.1, 0.15) is 12.1 Å². The smallest absolute Gasteiger partial charge is 0.325 e. The van der Waals surface area contributed by atoms with Gasteiger partial charge in [0.25, 0.3) is 5.91 Å². The molecule has 4 aliphatic carbocycles. The summed E-state index contributed by atoms with van der Waals surface area (Å²) in [4.78, 5) is 39.8. The van der Waals surface area contributed by atoms with Crippen LogP contribution in [0.25, 0.3) is 0 Å². The first-order valence-electron chi connectivity index (χ1n) is 12.6. The maximum Gasteiger partial charge on any atom is 0.325 e. The highest BCUT2D eigenvalue weighted by atomic mass is 16.2. The van der Waals surface area contributed by atoms with Crippen LogP contribution >= 0.6 is 0 Å². The van der Waals surface area contributed by atoms with E-state index in [1.54, 1.807) is 0 Å². The minimum Gasteiger partial charge on any atom is -0.354 e. The zero-order valence-electron chi connectivity index (χ0n) is 19.5. The predicted molar refractivity (Wildman–Crippen MR) is 128 cm³/mol. The van der Waals surface area contributed by atoms with Crippen molar-refractivity contribution in [3.63, 3.8) is 0 Å². The minimum atomic E-state index is -0.828. The molecule has 2 fully saturated rings. The third-order valence-electron chi connectivity index (χ3n) is 8.79. The second-order valence-corrected chi connectivity index (χ2v) is 10.5. The fraction of sp³-hybridized carbons (Fsp3) is 0.464. The summed E-state index contributed by atoms with van der Waals surface area (Å²) in [7, 11) is 0. The molecular formula is C28H31N3O3. The third-order valence-corrected chi connectivity index (χ3v) is 8.79. The lowest BCUT2D eigenvalue weighted by Crippen LogP contribution is -2.54. The first-order chi connectivity index (χ1) is 16.5. The fourth-order valence-electron chi connectivity index (χ4n) is 7.04. The molecule has 7 rings (SSSR count). The molecule has 2 aromatic carbocycles. The minimum absolute atomic E-state index is 0.0867. The molecule has 3 atom stereocenters. The summed E-state index contributed by atoms with van der Waals surface area (Å²) in [5.41, 5.74) is 4.70. The van der Waals surface area contributed by atoms with E-state index in [1.807, 2.05) is 6.92 Å². The topological polar surface area (TPSA) is 78.5 Å². The highest BCUT2D eigenvalue weighted by Crippen LogP contribution is 2.55. The molecule has 176 valence electrons. The number of fused-ring (bicyclic) bond motifs is 1. The summed E-state index contributed by atoms with van der Waals surface area (Å²) in [5.74, 6) is 0.459. The van der Waals surface area contributed by atoms with E-state index >= 15 is 0 Å². The highest BCUT2D eigenvalue weighted by Gasteiger charge is 2.55. The van der Waals surface area contributed by atoms with Gasteiger partial charge in [-0.15, -0.1) is 0 Å². The molecule has 2 aromatic rings. The van der Waals surface area contributed by atoms with Crippen molar-refractivity contribution < 1.29 is 14.4 Å². The Morgan fingerprint density at radius 2 is 1.68 bits per heavy atom. The lowest BCUT2D eigenvalue weighted by Gasteiger charge is -2.45. The molecule has 1 spiro atoms. The van der Waals surface area contributed by atoms with Crippen LogP contribution in [0.15, 0.2) is 48.5 Å². The first kappa shape index (κ1) is 21.4. The van der Waals surface area contributed by atoms with E-state index in [1.165, 1.54) is 22.3 Å². The van der Waals surface area contributed by atoms with Gasteiger partial charge in [0.15, 0.2) is 0 Å². The van der Waals surface area contributed by atoms with Crippen LogP contribution in [0.1, 0.15) is 73.1 Å². The van der Waals surface area contributed by atoms with Crippen molar-refractivity contribution in [1.29, 1.82) is 0 Å². The monoisotopic (exact) mass is 457 g/mol. The van der Waals surface area contributed by atoms with Crippen molar-refractivity contribution in [2.45, 2.75) is 56.4 Å². The molecular weight excluding hydrogens is 426 g/mol. The molecule has 6 nitrogen and oxygen atoms in total. The van der Waals surface area contributed by atoms with Gasteiger partial charge in [-0.1, -0.05) is 68.3 Å². The maximum atomic E-state index is 13.2. The van der Waals surface area contributed by atoms with E-state index in [9.17, 15) is 14.4 Å². The Hall–Kier alpha value is -3.15. The summed E-state index contributed by atoms with van der Waals surface area (Å²) >= 11 is 0. The van der Waals surface area contributed by atoms with Gasteiger partial charge in [-0.2, -0.15) is 0 Å². The molecule has 1 heterocycles. The molecule has 1 saturated heterocycles. The second-order valence-electron chi connectivity index (χ2n) is 10.5. The zero-order valence-corrected chi connectivity index (χ0v) is 19.5. The fourth-order valence-corrected chi connectivity index (χ4v) is 7.04. The Labute approximate surface area is 200 Å². The molecule has 0 aromatic heterocycles. The van der Waals surface area contributed by atoms with Crippen LogP contribution in [-0.2, 0) is 9.59 Å². The summed E-state index contributed by atoms with van der Waals surface area (Å²) < 4.78 is 0. The van der Waals surface area contributed by atoms with E-state index in [0.717, 1.165) is 30.6 Å². The molecule has 5 aliphatic rings. The number of urea groups is 1. The molecule has 3 unspecified atom stereocenters. The van der Waals surface area contributed by atoms with Crippen molar-refractivity contribution >= 4 is 17.8 Å². The van der Waals surface area contributed by atoms with Crippen molar-refractivity contribution in [2.24, 2.45) is 11.8 Å². The van der Waals surface area contributed by atoms with Crippen LogP contribution in [0, 0.1) is 11.8 Å². The number of carbonyl (C=O) groups is 3. The largest absolute Gasteiger partial charge is 0.354 e. The number of imide groups is 1. The summed E-state index contributed by atoms with van der Waals surface area (Å²) in [6, 6.07) is 16.9. The number of nitrogens with one attached hydrogen (secondary N) is 2. The number of rotatable bonds is 4. The van der Waals surface area contributed by atoms with Gasteiger partial charge < -0.3 is 10.6 Å². The number of hydrogen-bond donors (Lipinski definition) is 2. The van der Waals surface area contributed by atoms with E-state index in [-0.39, 0.29) is 36.1 Å². The molecule has 1 aliphatic heterocycles. The van der Waals surface area contributed by atoms with Crippen molar-refractivity contribution in [2.75, 3.05) is 13.1 Å². The zero-order chi connectivity index (χ0) is 23.4. The molecule has 6 heteroatoms. The Morgan fingerprint density at radius 3 is 2.32 bits per heavy atom. The highest BCUT2D eigenvalue weighted by molar-refractivity contribution is 6.09. The number of carbonyl (C=O) groups excluding carboxylic acids is 3. The first-order valence-corrected chi connectivity index (χ1v) is 12.6. The van der Waals surface area contributed by atoms with Gasteiger partial charge in [0.05, 0.1) is 0 Å². The Bertz CT molecular complexity index is 1130. The van der Waals surface area contributed by atoms with Crippen LogP contribution in [0.2, 0.25) is 0 Å². The Balaban J connectivity index is 1.16. The maximum absolute atomic E-state index is 13.2. The van der Waals surface area contributed by atoms with E-state index in [4.69, 9.17) is 0 Å². The van der Waals surface area contributed by atoms with Gasteiger partial charge in [-0.25, -0.2) is 4.79 Å². The van der Waals surface area contributed by atoms with Crippen LogP contribution < -0.4 is 10.6 Å². The summed E-state index contributed by atoms with van der Waals surface area (Å²) in [5, 5.41) is 5.99. The lowest BCUT2D eigenvalue weighted by atomic mass is 9.59. The normalized spacial score (nSPS) is 31.3. The Kier molecular flexibility index (Phi) is 5.01. The summed E-state index contributed by atoms with van der Waals surface area (Å²) in [6.07, 6.45) is 4.55. The average molecular weight is 458 g/mol. The van der Waals surface area contributed by atoms with Crippen molar-refractivity contribution in [1.82, 2.24) is 15.5 Å². The number of benzene rings is 2. The van der Waals surface area contributed by atoms with Gasteiger partial charge in [0, 0.05) is 18.4 Å². The predicted octanol–water partition coefficient (Wildman–Crippen LogP) is 3.90. The molecule has 0 radical (unpaired) electrons. The van der Waals surface area contributed by atoms with Gasteiger partial charge in [0.2, 0.25) is 5.91 Å². The molecule has 2 N–H and O–H groups in total. The molecule has 1 saturated carbocycles. The van der Waals surface area contributed by atoms with Gasteiger partial charge in [-0.3, -0.25) is 14.5 Å². The van der Waals surface area contributed by atoms with Gasteiger partial charge in [-0.05, 0) is 53.4 Å². The van der Waals surface area contributed by atoms with Crippen LogP contribution in [0.4, 0.5) is 4.79 Å². The van der Waals surface area contributed by atoms with Crippen LogP contribution in [0.5, 0.6) is 0 Å². The number of amides is 4. The van der Waals surface area contributed by atoms with Gasteiger partial charge >= 0.3 is 6.03 Å². The van der Waals surface area contributed by atoms with Crippen molar-refractivity contribution in [3.05, 3.63) is 70.8 Å².